The van der Waals surface area contributed by atoms with Gasteiger partial charge in [0.05, 0.1) is 13.7 Å². The Labute approximate surface area is 122 Å². The smallest absolute Gasteiger partial charge is 0.327 e. The number of hydrogen-bond donors (Lipinski definition) is 4. The molecule has 6 heteroatoms. The largest absolute Gasteiger partial charge is 0.504 e. The Bertz CT molecular complexity index is 523. The Kier molecular flexibility index (Phi) is 6.20. The second-order valence-corrected chi connectivity index (χ2v) is 4.57. The minimum atomic E-state index is -1.10. The molecule has 0 amide bonds. The molecule has 2 atom stereocenters. The summed E-state index contributed by atoms with van der Waals surface area (Å²) in [5.74, 6) is -1.36. The van der Waals surface area contributed by atoms with Crippen LogP contribution in [0.3, 0.4) is 0 Å². The third kappa shape index (κ3) is 4.21. The van der Waals surface area contributed by atoms with Gasteiger partial charge in [-0.2, -0.15) is 0 Å². The van der Waals surface area contributed by atoms with E-state index >= 15 is 0 Å². The van der Waals surface area contributed by atoms with Crippen molar-refractivity contribution in [2.45, 2.75) is 25.4 Å². The molecule has 1 rings (SSSR count). The van der Waals surface area contributed by atoms with Gasteiger partial charge in [-0.1, -0.05) is 13.0 Å². The van der Waals surface area contributed by atoms with Crippen molar-refractivity contribution in [1.29, 1.82) is 0 Å². The molecule has 4 N–H and O–H groups in total. The van der Waals surface area contributed by atoms with E-state index in [0.29, 0.717) is 17.5 Å². The Balaban J connectivity index is 3.33. The van der Waals surface area contributed by atoms with E-state index in [1.54, 1.807) is 6.07 Å². The van der Waals surface area contributed by atoms with Gasteiger partial charge in [0.1, 0.15) is 6.10 Å². The highest BCUT2D eigenvalue weighted by atomic mass is 16.5. The molecule has 1 aromatic rings. The molecule has 0 fully saturated rings. The molecule has 0 aromatic heterocycles. The lowest BCUT2D eigenvalue weighted by molar-refractivity contribution is -0.131. The van der Waals surface area contributed by atoms with Gasteiger partial charge in [-0.3, -0.25) is 0 Å². The van der Waals surface area contributed by atoms with Crippen LogP contribution in [0.25, 0.3) is 0 Å². The van der Waals surface area contributed by atoms with Crippen molar-refractivity contribution in [3.63, 3.8) is 0 Å². The summed E-state index contributed by atoms with van der Waals surface area (Å²) < 4.78 is 5.06. The van der Waals surface area contributed by atoms with Crippen molar-refractivity contribution >= 4 is 5.97 Å². The lowest BCUT2D eigenvalue weighted by atomic mass is 9.92. The van der Waals surface area contributed by atoms with Crippen molar-refractivity contribution in [1.82, 2.24) is 0 Å². The number of ether oxygens (including phenoxy) is 1. The molecule has 0 radical (unpaired) electrons. The number of carboxylic acid groups (broad SMARTS) is 1. The van der Waals surface area contributed by atoms with Crippen LogP contribution in [-0.2, 0) is 4.79 Å². The van der Waals surface area contributed by atoms with Gasteiger partial charge in [0.25, 0.3) is 0 Å². The van der Waals surface area contributed by atoms with Crippen molar-refractivity contribution in [2.24, 2.45) is 0 Å². The zero-order chi connectivity index (χ0) is 16.0. The number of phenols is 1. The van der Waals surface area contributed by atoms with E-state index in [4.69, 9.17) is 14.9 Å². The van der Waals surface area contributed by atoms with E-state index in [9.17, 15) is 15.0 Å². The number of benzene rings is 1. The van der Waals surface area contributed by atoms with Crippen molar-refractivity contribution in [3.05, 3.63) is 35.4 Å². The molecular weight excluding hydrogens is 276 g/mol. The SMILES string of the molecule is CCC(C=CC(=O)O)c1cc(C(O)CO)cc(OC)c1O. The number of aliphatic hydroxyl groups is 2. The van der Waals surface area contributed by atoms with Gasteiger partial charge in [-0.25, -0.2) is 4.79 Å². The molecule has 1 aromatic carbocycles. The molecule has 2 unspecified atom stereocenters. The average Bonchev–Trinajstić information content (AvgIpc) is 2.48. The number of allylic oxidation sites excluding steroid dienone is 1. The predicted molar refractivity (Wildman–Crippen MR) is 76.5 cm³/mol. The number of aliphatic hydroxyl groups excluding tert-OH is 2. The zero-order valence-corrected chi connectivity index (χ0v) is 12.0. The molecular formula is C15H20O6. The maximum absolute atomic E-state index is 10.6. The van der Waals surface area contributed by atoms with E-state index < -0.39 is 18.7 Å². The van der Waals surface area contributed by atoms with Crippen LogP contribution in [0.5, 0.6) is 11.5 Å². The first-order valence-corrected chi connectivity index (χ1v) is 6.55. The molecule has 21 heavy (non-hydrogen) atoms. The Morgan fingerprint density at radius 2 is 2.10 bits per heavy atom. The highest BCUT2D eigenvalue weighted by Crippen LogP contribution is 2.39. The molecule has 0 aliphatic rings. The number of aromatic hydroxyl groups is 1. The first-order valence-electron chi connectivity index (χ1n) is 6.55. The van der Waals surface area contributed by atoms with Gasteiger partial charge in [0, 0.05) is 17.6 Å². The van der Waals surface area contributed by atoms with Crippen molar-refractivity contribution in [2.75, 3.05) is 13.7 Å². The lowest BCUT2D eigenvalue weighted by Gasteiger charge is -2.18. The summed E-state index contributed by atoms with van der Waals surface area (Å²) in [5, 5.41) is 37.7. The number of carbonyl (C=O) groups is 1. The van der Waals surface area contributed by atoms with Crippen LogP contribution < -0.4 is 4.74 Å². The van der Waals surface area contributed by atoms with E-state index in [-0.39, 0.29) is 17.4 Å². The van der Waals surface area contributed by atoms with Crippen LogP contribution in [0.1, 0.15) is 36.5 Å². The van der Waals surface area contributed by atoms with Crippen LogP contribution in [0, 0.1) is 0 Å². The van der Waals surface area contributed by atoms with E-state index in [0.717, 1.165) is 6.08 Å². The molecule has 0 heterocycles. The van der Waals surface area contributed by atoms with Gasteiger partial charge in [-0.15, -0.1) is 0 Å². The third-order valence-corrected chi connectivity index (χ3v) is 3.21. The number of aliphatic carboxylic acids is 1. The Hall–Kier alpha value is -2.05. The highest BCUT2D eigenvalue weighted by molar-refractivity contribution is 5.80. The molecule has 6 nitrogen and oxygen atoms in total. The second kappa shape index (κ2) is 7.66. The minimum absolute atomic E-state index is 0.103. The topological polar surface area (TPSA) is 107 Å². The van der Waals surface area contributed by atoms with Gasteiger partial charge in [-0.05, 0) is 24.1 Å². The summed E-state index contributed by atoms with van der Waals surface area (Å²) in [6.07, 6.45) is 1.93. The molecule has 0 bridgehead atoms. The fourth-order valence-corrected chi connectivity index (χ4v) is 2.05. The number of carboxylic acids is 1. The van der Waals surface area contributed by atoms with Crippen molar-refractivity contribution in [3.8, 4) is 11.5 Å². The standard InChI is InChI=1S/C15H20O6/c1-3-9(4-5-14(18)19)11-6-10(12(17)8-16)7-13(21-2)15(11)20/h4-7,9,12,16-17,20H,3,8H2,1-2H3,(H,18,19). The highest BCUT2D eigenvalue weighted by Gasteiger charge is 2.19. The Morgan fingerprint density at radius 1 is 1.43 bits per heavy atom. The molecule has 0 aliphatic heterocycles. The fourth-order valence-electron chi connectivity index (χ4n) is 2.05. The van der Waals surface area contributed by atoms with Gasteiger partial charge >= 0.3 is 5.97 Å². The van der Waals surface area contributed by atoms with Crippen LogP contribution in [0.4, 0.5) is 0 Å². The third-order valence-electron chi connectivity index (χ3n) is 3.21. The van der Waals surface area contributed by atoms with Crippen LogP contribution >= 0.6 is 0 Å². The summed E-state index contributed by atoms with van der Waals surface area (Å²) in [7, 11) is 1.38. The quantitative estimate of drug-likeness (QED) is 0.569. The zero-order valence-electron chi connectivity index (χ0n) is 12.0. The van der Waals surface area contributed by atoms with Crippen LogP contribution in [0.2, 0.25) is 0 Å². The fraction of sp³-hybridized carbons (Fsp3) is 0.400. The minimum Gasteiger partial charge on any atom is -0.504 e. The second-order valence-electron chi connectivity index (χ2n) is 4.57. The number of phenolic OH excluding ortho intramolecular Hbond substituents is 1. The molecule has 0 spiro atoms. The van der Waals surface area contributed by atoms with Gasteiger partial charge in [0.2, 0.25) is 0 Å². The summed E-state index contributed by atoms with van der Waals surface area (Å²) in [5.41, 5.74) is 0.834. The summed E-state index contributed by atoms with van der Waals surface area (Å²) in [6.45, 7) is 1.38. The van der Waals surface area contributed by atoms with Crippen LogP contribution in [-0.4, -0.2) is 40.1 Å². The number of hydrogen-bond acceptors (Lipinski definition) is 5. The normalized spacial score (nSPS) is 14.1. The summed E-state index contributed by atoms with van der Waals surface area (Å²) >= 11 is 0. The maximum atomic E-state index is 10.6. The van der Waals surface area contributed by atoms with Gasteiger partial charge in [0.15, 0.2) is 11.5 Å². The van der Waals surface area contributed by atoms with E-state index in [1.165, 1.54) is 19.3 Å². The molecule has 116 valence electrons. The maximum Gasteiger partial charge on any atom is 0.327 e. The van der Waals surface area contributed by atoms with Crippen LogP contribution in [0.15, 0.2) is 24.3 Å². The summed E-state index contributed by atoms with van der Waals surface area (Å²) in [6, 6.07) is 2.98. The van der Waals surface area contributed by atoms with E-state index in [2.05, 4.69) is 0 Å². The lowest BCUT2D eigenvalue weighted by Crippen LogP contribution is -2.06. The molecule has 0 saturated carbocycles. The molecule has 0 saturated heterocycles. The van der Waals surface area contributed by atoms with Gasteiger partial charge < -0.3 is 25.2 Å². The van der Waals surface area contributed by atoms with Crippen molar-refractivity contribution < 1.29 is 30.0 Å². The number of rotatable bonds is 7. The van der Waals surface area contributed by atoms with E-state index in [1.807, 2.05) is 6.92 Å². The average molecular weight is 296 g/mol. The Morgan fingerprint density at radius 3 is 2.57 bits per heavy atom. The number of methoxy groups -OCH3 is 1. The predicted octanol–water partition coefficient (Wildman–Crippen LogP) is 1.56. The first-order chi connectivity index (χ1) is 9.94. The monoisotopic (exact) mass is 296 g/mol. The first kappa shape index (κ1) is 17.0. The summed E-state index contributed by atoms with van der Waals surface area (Å²) in [4.78, 5) is 10.6. The molecule has 0 aliphatic carbocycles.